The van der Waals surface area contributed by atoms with Crippen molar-refractivity contribution in [3.8, 4) is 0 Å². The van der Waals surface area contributed by atoms with Crippen LogP contribution in [0.4, 0.5) is 0 Å². The van der Waals surface area contributed by atoms with Gasteiger partial charge in [-0.2, -0.15) is 10.2 Å². The average molecular weight is 152 g/mol. The molecule has 2 heterocycles. The quantitative estimate of drug-likeness (QED) is 0.567. The van der Waals surface area contributed by atoms with Gasteiger partial charge in [0.25, 0.3) is 0 Å². The average Bonchev–Trinajstić information content (AvgIpc) is 2.36. The van der Waals surface area contributed by atoms with Gasteiger partial charge in [0, 0.05) is 0 Å². The number of rotatable bonds is 0. The lowest BCUT2D eigenvalue weighted by atomic mass is 10.6. The number of nitrogens with one attached hydrogen (secondary N) is 1. The van der Waals surface area contributed by atoms with E-state index in [4.69, 9.17) is 12.2 Å². The van der Waals surface area contributed by atoms with Crippen molar-refractivity contribution < 1.29 is 0 Å². The number of hydrogen-bond donors (Lipinski definition) is 1. The van der Waals surface area contributed by atoms with Gasteiger partial charge >= 0.3 is 0 Å². The molecule has 1 N–H and O–H groups in total. The maximum absolute atomic E-state index is 4.93. The van der Waals surface area contributed by atoms with E-state index in [0.717, 1.165) is 5.52 Å². The second-order valence-corrected chi connectivity index (χ2v) is 2.25. The Balaban J connectivity index is 3.09. The Labute approximate surface area is 61.5 Å². The van der Waals surface area contributed by atoms with Gasteiger partial charge in [-0.15, -0.1) is 0 Å². The lowest BCUT2D eigenvalue weighted by Gasteiger charge is -1.88. The molecule has 0 saturated carbocycles. The van der Waals surface area contributed by atoms with Gasteiger partial charge in [0.05, 0.1) is 6.20 Å². The summed E-state index contributed by atoms with van der Waals surface area (Å²) >= 11 is 4.93. The van der Waals surface area contributed by atoms with Crippen LogP contribution in [0.2, 0.25) is 0 Å². The number of aromatic amines is 1. The monoisotopic (exact) mass is 152 g/mol. The molecule has 0 spiro atoms. The molecule has 0 aliphatic carbocycles. The van der Waals surface area contributed by atoms with Crippen LogP contribution in [0.1, 0.15) is 0 Å². The molecule has 0 aromatic carbocycles. The Morgan fingerprint density at radius 1 is 1.60 bits per heavy atom. The largest absolute Gasteiger partial charge is 0.264 e. The van der Waals surface area contributed by atoms with Gasteiger partial charge in [0.15, 0.2) is 0 Å². The number of nitrogens with zero attached hydrogens (tertiary/aromatic N) is 3. The number of fused-ring (bicyclic) bond motifs is 1. The minimum absolute atomic E-state index is 0.611. The van der Waals surface area contributed by atoms with Crippen molar-refractivity contribution >= 4 is 17.7 Å². The zero-order valence-electron chi connectivity index (χ0n) is 4.98. The molecule has 10 heavy (non-hydrogen) atoms. The van der Waals surface area contributed by atoms with E-state index in [-0.39, 0.29) is 0 Å². The molecule has 0 aliphatic rings. The topological polar surface area (TPSA) is 46.0 Å². The van der Waals surface area contributed by atoms with Crippen molar-refractivity contribution in [3.05, 3.63) is 23.2 Å². The van der Waals surface area contributed by atoms with E-state index in [0.29, 0.717) is 4.64 Å². The predicted octanol–water partition coefficient (Wildman–Crippen LogP) is 0.787. The van der Waals surface area contributed by atoms with Gasteiger partial charge in [-0.1, -0.05) is 12.2 Å². The molecule has 2 aromatic rings. The maximum atomic E-state index is 4.93. The van der Waals surface area contributed by atoms with Gasteiger partial charge in [0.2, 0.25) is 0 Å². The van der Waals surface area contributed by atoms with Gasteiger partial charge in [-0.3, -0.25) is 5.10 Å². The molecule has 50 valence electrons. The molecule has 2 aromatic heterocycles. The summed E-state index contributed by atoms with van der Waals surface area (Å²) in [5, 5.41) is 10.4. The first kappa shape index (κ1) is 5.55. The van der Waals surface area contributed by atoms with Crippen LogP contribution in [0, 0.1) is 4.64 Å². The lowest BCUT2D eigenvalue weighted by molar-refractivity contribution is 0.857. The first-order valence-corrected chi connectivity index (χ1v) is 3.16. The molecule has 0 bridgehead atoms. The molecule has 0 atom stereocenters. The summed E-state index contributed by atoms with van der Waals surface area (Å²) in [6, 6.07) is 1.83. The molecule has 0 aliphatic heterocycles. The SMILES string of the molecule is S=c1[nH]ncn2nccc12. The Morgan fingerprint density at radius 2 is 2.50 bits per heavy atom. The molecule has 0 saturated heterocycles. The second-order valence-electron chi connectivity index (χ2n) is 1.85. The lowest BCUT2D eigenvalue weighted by Crippen LogP contribution is -1.91. The summed E-state index contributed by atoms with van der Waals surface area (Å²) in [5.41, 5.74) is 0.880. The highest BCUT2D eigenvalue weighted by Gasteiger charge is 1.91. The Kier molecular flexibility index (Phi) is 1.04. The fraction of sp³-hybridized carbons (Fsp3) is 0. The zero-order valence-corrected chi connectivity index (χ0v) is 5.80. The van der Waals surface area contributed by atoms with Crippen LogP contribution in [0.5, 0.6) is 0 Å². The third-order valence-electron chi connectivity index (χ3n) is 1.24. The summed E-state index contributed by atoms with van der Waals surface area (Å²) in [6.07, 6.45) is 3.26. The highest BCUT2D eigenvalue weighted by molar-refractivity contribution is 7.71. The summed E-state index contributed by atoms with van der Waals surface area (Å²) in [6.45, 7) is 0. The highest BCUT2D eigenvalue weighted by Crippen LogP contribution is 1.98. The molecule has 0 radical (unpaired) electrons. The van der Waals surface area contributed by atoms with E-state index in [1.54, 1.807) is 17.0 Å². The van der Waals surface area contributed by atoms with Crippen LogP contribution in [-0.2, 0) is 0 Å². The standard InChI is InChI=1S/C5H4N4S/c10-5-4-1-2-7-9(4)3-6-8-5/h1-3H,(H,8,10). The van der Waals surface area contributed by atoms with E-state index in [2.05, 4.69) is 15.3 Å². The molecule has 0 unspecified atom stereocenters. The first-order chi connectivity index (χ1) is 4.88. The minimum Gasteiger partial charge on any atom is -0.264 e. The van der Waals surface area contributed by atoms with Crippen LogP contribution >= 0.6 is 12.2 Å². The van der Waals surface area contributed by atoms with Crippen LogP contribution in [-0.4, -0.2) is 19.8 Å². The number of H-pyrrole nitrogens is 1. The van der Waals surface area contributed by atoms with E-state index < -0.39 is 0 Å². The fourth-order valence-corrected chi connectivity index (χ4v) is 1.000. The van der Waals surface area contributed by atoms with Crippen LogP contribution in [0.15, 0.2) is 18.6 Å². The molecule has 5 heteroatoms. The fourth-order valence-electron chi connectivity index (χ4n) is 0.786. The van der Waals surface area contributed by atoms with Crippen molar-refractivity contribution in [2.45, 2.75) is 0 Å². The Morgan fingerprint density at radius 3 is 3.30 bits per heavy atom. The smallest absolute Gasteiger partial charge is 0.145 e. The van der Waals surface area contributed by atoms with E-state index in [1.807, 2.05) is 6.07 Å². The summed E-state index contributed by atoms with van der Waals surface area (Å²) in [4.78, 5) is 0. The molecule has 0 amide bonds. The Bertz CT molecular complexity index is 401. The molecular weight excluding hydrogens is 148 g/mol. The summed E-state index contributed by atoms with van der Waals surface area (Å²) in [7, 11) is 0. The molecule has 2 rings (SSSR count). The van der Waals surface area contributed by atoms with Crippen molar-refractivity contribution in [2.75, 3.05) is 0 Å². The predicted molar refractivity (Wildman–Crippen MR) is 38.2 cm³/mol. The normalized spacial score (nSPS) is 10.4. The van der Waals surface area contributed by atoms with Crippen molar-refractivity contribution in [2.24, 2.45) is 0 Å². The first-order valence-electron chi connectivity index (χ1n) is 2.75. The van der Waals surface area contributed by atoms with Crippen molar-refractivity contribution in [1.29, 1.82) is 0 Å². The third-order valence-corrected chi connectivity index (χ3v) is 1.54. The number of hydrogen-bond acceptors (Lipinski definition) is 3. The van der Waals surface area contributed by atoms with E-state index >= 15 is 0 Å². The summed E-state index contributed by atoms with van der Waals surface area (Å²) < 4.78 is 2.23. The molecule has 4 nitrogen and oxygen atoms in total. The molecular formula is C5H4N4S. The minimum atomic E-state index is 0.611. The van der Waals surface area contributed by atoms with Crippen LogP contribution < -0.4 is 0 Å². The number of aromatic nitrogens is 4. The Hall–Kier alpha value is -1.23. The zero-order chi connectivity index (χ0) is 6.97. The van der Waals surface area contributed by atoms with Gasteiger partial charge in [-0.25, -0.2) is 4.52 Å². The van der Waals surface area contributed by atoms with Crippen LogP contribution in [0.25, 0.3) is 5.52 Å². The second kappa shape index (κ2) is 1.88. The van der Waals surface area contributed by atoms with Crippen molar-refractivity contribution in [3.63, 3.8) is 0 Å². The van der Waals surface area contributed by atoms with Crippen LogP contribution in [0.3, 0.4) is 0 Å². The van der Waals surface area contributed by atoms with E-state index in [9.17, 15) is 0 Å². The molecule has 0 fully saturated rings. The van der Waals surface area contributed by atoms with Crippen molar-refractivity contribution in [1.82, 2.24) is 19.8 Å². The maximum Gasteiger partial charge on any atom is 0.145 e. The van der Waals surface area contributed by atoms with Gasteiger partial charge in [-0.05, 0) is 6.07 Å². The summed E-state index contributed by atoms with van der Waals surface area (Å²) in [5.74, 6) is 0. The third kappa shape index (κ3) is 0.640. The highest BCUT2D eigenvalue weighted by atomic mass is 32.1. The van der Waals surface area contributed by atoms with Gasteiger partial charge < -0.3 is 0 Å². The van der Waals surface area contributed by atoms with E-state index in [1.165, 1.54) is 0 Å². The van der Waals surface area contributed by atoms with Gasteiger partial charge in [0.1, 0.15) is 16.5 Å².